The van der Waals surface area contributed by atoms with Crippen LogP contribution in [0.3, 0.4) is 0 Å². The van der Waals surface area contributed by atoms with Gasteiger partial charge in [0, 0.05) is 55.4 Å². The number of ether oxygens (including phenoxy) is 5. The van der Waals surface area contributed by atoms with Crippen molar-refractivity contribution >= 4 is 68.6 Å². The normalized spacial score (nSPS) is 21.4. The second-order valence-corrected chi connectivity index (χ2v) is 15.8. The van der Waals surface area contributed by atoms with E-state index in [0.717, 1.165) is 40.3 Å². The number of aromatic hydroxyl groups is 1. The average Bonchev–Trinajstić information content (AvgIpc) is 3.91. The van der Waals surface area contributed by atoms with Gasteiger partial charge in [0.2, 0.25) is 5.91 Å². The van der Waals surface area contributed by atoms with Crippen LogP contribution in [0.25, 0.3) is 16.3 Å². The summed E-state index contributed by atoms with van der Waals surface area (Å²) < 4.78 is 30.5. The van der Waals surface area contributed by atoms with Crippen molar-refractivity contribution < 1.29 is 43.2 Å². The Kier molecular flexibility index (Phi) is 11.9. The lowest BCUT2D eigenvalue weighted by atomic mass is 9.94. The third kappa shape index (κ3) is 7.63. The molecule has 0 spiro atoms. The summed E-state index contributed by atoms with van der Waals surface area (Å²) in [6.45, 7) is 5.02. The SMILES string of the molecule is C=CCOC(=O)N1c2cc(OCCCC(=O)N3C[C@@H](CCl)c4c3cc(O)c3ccccc43)c(OC)cc2C(=O)N2CC=C(c3ccsc3)C[C@H]2C1OC1CCCCO1. The second kappa shape index (κ2) is 17.4. The fraction of sp³-hybridized carbons (Fsp3) is 0.386. The minimum Gasteiger partial charge on any atom is -0.507 e. The molecule has 8 rings (SSSR count). The highest BCUT2D eigenvalue weighted by atomic mass is 35.5. The first-order valence-corrected chi connectivity index (χ1v) is 21.1. The van der Waals surface area contributed by atoms with Gasteiger partial charge in [0.25, 0.3) is 5.91 Å². The maximum atomic E-state index is 14.6. The molecular formula is C44H46ClN3O9S. The highest BCUT2D eigenvalue weighted by molar-refractivity contribution is 7.08. The Balaban J connectivity index is 1.07. The van der Waals surface area contributed by atoms with Gasteiger partial charge in [-0.25, -0.2) is 9.69 Å². The van der Waals surface area contributed by atoms with Gasteiger partial charge in [-0.3, -0.25) is 9.59 Å². The van der Waals surface area contributed by atoms with Crippen LogP contribution < -0.4 is 19.3 Å². The van der Waals surface area contributed by atoms with E-state index in [1.807, 2.05) is 41.8 Å². The van der Waals surface area contributed by atoms with Gasteiger partial charge in [0.1, 0.15) is 12.4 Å². The van der Waals surface area contributed by atoms with E-state index in [2.05, 4.69) is 12.0 Å². The summed E-state index contributed by atoms with van der Waals surface area (Å²) in [5.74, 6) is 0.502. The van der Waals surface area contributed by atoms with Gasteiger partial charge >= 0.3 is 6.09 Å². The molecular weight excluding hydrogens is 782 g/mol. The Bertz CT molecular complexity index is 2220. The van der Waals surface area contributed by atoms with E-state index in [1.54, 1.807) is 39.3 Å². The van der Waals surface area contributed by atoms with Gasteiger partial charge < -0.3 is 38.6 Å². The topological polar surface area (TPSA) is 127 Å². The number of carbonyl (C=O) groups is 3. The molecule has 2 unspecified atom stereocenters. The minimum absolute atomic E-state index is 0.0593. The zero-order valence-electron chi connectivity index (χ0n) is 32.3. The summed E-state index contributed by atoms with van der Waals surface area (Å²) in [6.07, 6.45) is 4.60. The maximum Gasteiger partial charge on any atom is 0.416 e. The number of fused-ring (bicyclic) bond motifs is 5. The van der Waals surface area contributed by atoms with Gasteiger partial charge in [-0.05, 0) is 77.1 Å². The summed E-state index contributed by atoms with van der Waals surface area (Å²) in [5.41, 5.74) is 4.20. The summed E-state index contributed by atoms with van der Waals surface area (Å²) >= 11 is 8.00. The first kappa shape index (κ1) is 39.7. The Labute approximate surface area is 346 Å². The van der Waals surface area contributed by atoms with Crippen LogP contribution in [-0.2, 0) is 19.0 Å². The molecule has 4 aliphatic heterocycles. The molecule has 58 heavy (non-hydrogen) atoms. The molecule has 0 bridgehead atoms. The van der Waals surface area contributed by atoms with Crippen LogP contribution >= 0.6 is 22.9 Å². The molecule has 4 aromatic rings. The number of phenols is 1. The number of benzene rings is 3. The number of amides is 3. The number of nitrogens with zero attached hydrogens (tertiary/aromatic N) is 3. The van der Waals surface area contributed by atoms with Crippen molar-refractivity contribution in [3.05, 3.63) is 94.7 Å². The Morgan fingerprint density at radius 2 is 1.95 bits per heavy atom. The number of halogens is 1. The second-order valence-electron chi connectivity index (χ2n) is 14.7. The molecule has 0 radical (unpaired) electrons. The molecule has 12 nitrogen and oxygen atoms in total. The number of hydrogen-bond acceptors (Lipinski definition) is 10. The monoisotopic (exact) mass is 827 g/mol. The van der Waals surface area contributed by atoms with Crippen LogP contribution in [0.5, 0.6) is 17.2 Å². The van der Waals surface area contributed by atoms with Crippen LogP contribution in [0.1, 0.15) is 65.9 Å². The molecule has 0 aliphatic carbocycles. The molecule has 14 heteroatoms. The van der Waals surface area contributed by atoms with E-state index < -0.39 is 24.7 Å². The van der Waals surface area contributed by atoms with Crippen LogP contribution in [0, 0.1) is 0 Å². The first-order valence-electron chi connectivity index (χ1n) is 19.6. The van der Waals surface area contributed by atoms with Crippen molar-refractivity contribution in [1.29, 1.82) is 0 Å². The number of methoxy groups -OCH3 is 1. The first-order chi connectivity index (χ1) is 28.3. The molecule has 1 fully saturated rings. The van der Waals surface area contributed by atoms with Crippen molar-refractivity contribution in [1.82, 2.24) is 4.90 Å². The molecule has 304 valence electrons. The van der Waals surface area contributed by atoms with E-state index in [1.165, 1.54) is 18.1 Å². The molecule has 1 aromatic heterocycles. The van der Waals surface area contributed by atoms with Crippen molar-refractivity contribution in [2.45, 2.75) is 63.0 Å². The number of anilines is 2. The lowest BCUT2D eigenvalue weighted by Gasteiger charge is -2.42. The van der Waals surface area contributed by atoms with E-state index in [0.29, 0.717) is 50.5 Å². The Hall–Kier alpha value is -5.08. The predicted molar refractivity (Wildman–Crippen MR) is 223 cm³/mol. The third-order valence-corrected chi connectivity index (χ3v) is 12.3. The molecule has 1 N–H and O–H groups in total. The van der Waals surface area contributed by atoms with Crippen LogP contribution in [0.15, 0.2) is 78.0 Å². The minimum atomic E-state index is -0.983. The fourth-order valence-corrected chi connectivity index (χ4v) is 9.38. The number of alkyl halides is 1. The van der Waals surface area contributed by atoms with E-state index >= 15 is 0 Å². The van der Waals surface area contributed by atoms with Crippen LogP contribution in [0.4, 0.5) is 16.2 Å². The Morgan fingerprint density at radius 1 is 1.10 bits per heavy atom. The lowest BCUT2D eigenvalue weighted by molar-refractivity contribution is -0.196. The average molecular weight is 828 g/mol. The van der Waals surface area contributed by atoms with Crippen molar-refractivity contribution in [3.8, 4) is 17.2 Å². The van der Waals surface area contributed by atoms with Crippen molar-refractivity contribution in [3.63, 3.8) is 0 Å². The highest BCUT2D eigenvalue weighted by Crippen LogP contribution is 2.46. The van der Waals surface area contributed by atoms with E-state index in [9.17, 15) is 19.5 Å². The fourth-order valence-electron chi connectivity index (χ4n) is 8.45. The van der Waals surface area contributed by atoms with Crippen molar-refractivity contribution in [2.24, 2.45) is 0 Å². The predicted octanol–water partition coefficient (Wildman–Crippen LogP) is 8.45. The number of thiophene rings is 1. The van der Waals surface area contributed by atoms with Crippen LogP contribution in [0.2, 0.25) is 0 Å². The number of carbonyl (C=O) groups excluding carboxylic acids is 3. The molecule has 3 aromatic carbocycles. The molecule has 4 aliphatic rings. The van der Waals surface area contributed by atoms with Crippen LogP contribution in [-0.4, -0.2) is 92.4 Å². The smallest absolute Gasteiger partial charge is 0.416 e. The summed E-state index contributed by atoms with van der Waals surface area (Å²) in [5, 5.41) is 16.5. The molecule has 3 amide bonds. The summed E-state index contributed by atoms with van der Waals surface area (Å²) in [7, 11) is 1.48. The largest absolute Gasteiger partial charge is 0.507 e. The number of phenolic OH excluding ortho intramolecular Hbond substituents is 1. The standard InChI is InChI=1S/C44H46ClN3O9S/c1-3-16-56-44(52)48-33-23-38(54-18-8-11-39(50)47-25-29(24-45)41-31-10-5-4-9-30(31)36(49)22-34(41)47)37(53-2)21-32(33)42(51)46-15-13-27(28-14-19-58-26-28)20-35(46)43(48)57-40-12-6-7-17-55-40/h3-5,9-10,13-14,19,21-23,26,29,35,40,43,49H,1,6-8,11-12,15-18,20,24-25H2,2H3/t29-,35+,40?,43?/m1/s1. The Morgan fingerprint density at radius 3 is 2.69 bits per heavy atom. The quantitative estimate of drug-likeness (QED) is 0.0851. The van der Waals surface area contributed by atoms with Gasteiger partial charge in [-0.15, -0.1) is 11.6 Å². The lowest BCUT2D eigenvalue weighted by Crippen LogP contribution is -2.57. The summed E-state index contributed by atoms with van der Waals surface area (Å²) in [4.78, 5) is 47.4. The summed E-state index contributed by atoms with van der Waals surface area (Å²) in [6, 6.07) is 13.9. The van der Waals surface area contributed by atoms with Gasteiger partial charge in [0.15, 0.2) is 24.0 Å². The van der Waals surface area contributed by atoms with E-state index in [4.69, 9.17) is 35.3 Å². The zero-order chi connectivity index (χ0) is 40.3. The maximum absolute atomic E-state index is 14.6. The molecule has 4 atom stereocenters. The third-order valence-electron chi connectivity index (χ3n) is 11.2. The molecule has 1 saturated heterocycles. The van der Waals surface area contributed by atoms with Crippen molar-refractivity contribution in [2.75, 3.05) is 55.7 Å². The van der Waals surface area contributed by atoms with Gasteiger partial charge in [0.05, 0.1) is 36.7 Å². The number of rotatable bonds is 12. The number of hydrogen-bond donors (Lipinski definition) is 1. The highest BCUT2D eigenvalue weighted by Gasteiger charge is 2.47. The van der Waals surface area contributed by atoms with E-state index in [-0.39, 0.29) is 65.9 Å². The van der Waals surface area contributed by atoms with Gasteiger partial charge in [-0.2, -0.15) is 11.3 Å². The van der Waals surface area contributed by atoms with Gasteiger partial charge in [-0.1, -0.05) is 43.0 Å². The molecule has 5 heterocycles. The molecule has 0 saturated carbocycles. The zero-order valence-corrected chi connectivity index (χ0v) is 33.8.